The first-order valence-electron chi connectivity index (χ1n) is 8.37. The molecule has 27 heavy (non-hydrogen) atoms. The first kappa shape index (κ1) is 18.1. The van der Waals surface area contributed by atoms with Gasteiger partial charge in [0.25, 0.3) is 0 Å². The molecule has 0 saturated carbocycles. The van der Waals surface area contributed by atoms with E-state index in [4.69, 9.17) is 16.3 Å². The van der Waals surface area contributed by atoms with Crippen molar-refractivity contribution in [1.29, 1.82) is 0 Å². The van der Waals surface area contributed by atoms with Crippen LogP contribution in [0, 0.1) is 0 Å². The third-order valence-electron chi connectivity index (χ3n) is 4.55. The van der Waals surface area contributed by atoms with Gasteiger partial charge in [-0.15, -0.1) is 0 Å². The van der Waals surface area contributed by atoms with Gasteiger partial charge in [0.2, 0.25) is 0 Å². The Morgan fingerprint density at radius 2 is 1.96 bits per heavy atom. The molecule has 3 heterocycles. The maximum atomic E-state index is 10.2. The number of fused-ring (bicyclic) bond motifs is 1. The van der Waals surface area contributed by atoms with E-state index in [1.807, 2.05) is 24.3 Å². The summed E-state index contributed by atoms with van der Waals surface area (Å²) in [6, 6.07) is 7.47. The molecule has 0 bridgehead atoms. The number of hydrogen-bond donors (Lipinski definition) is 4. The Morgan fingerprint density at radius 1 is 1.15 bits per heavy atom. The SMILES string of the molecule is OC[C@H]1O[C@H](n2cnc3c(NCc4ccccc4Cl)ncnc32)[C@@H](O)[C@@H]1O. The summed E-state index contributed by atoms with van der Waals surface area (Å²) in [5, 5.41) is 33.3. The lowest BCUT2D eigenvalue weighted by Gasteiger charge is -2.16. The fraction of sp³-hybridized carbons (Fsp3) is 0.353. The van der Waals surface area contributed by atoms with Crippen LogP contribution in [-0.4, -0.2) is 59.8 Å². The highest BCUT2D eigenvalue weighted by atomic mass is 35.5. The molecule has 1 aliphatic heterocycles. The lowest BCUT2D eigenvalue weighted by molar-refractivity contribution is -0.0511. The number of rotatable bonds is 5. The van der Waals surface area contributed by atoms with E-state index in [0.717, 1.165) is 5.56 Å². The van der Waals surface area contributed by atoms with Crippen molar-refractivity contribution in [3.63, 3.8) is 0 Å². The van der Waals surface area contributed by atoms with E-state index in [1.165, 1.54) is 17.2 Å². The van der Waals surface area contributed by atoms with Crippen LogP contribution in [0.2, 0.25) is 5.02 Å². The van der Waals surface area contributed by atoms with Crippen LogP contribution in [0.15, 0.2) is 36.9 Å². The van der Waals surface area contributed by atoms with Crippen LogP contribution in [0.5, 0.6) is 0 Å². The summed E-state index contributed by atoms with van der Waals surface area (Å²) >= 11 is 6.18. The van der Waals surface area contributed by atoms with E-state index in [2.05, 4.69) is 20.3 Å². The first-order chi connectivity index (χ1) is 13.1. The number of imidazole rings is 1. The molecule has 1 saturated heterocycles. The molecule has 9 nitrogen and oxygen atoms in total. The highest BCUT2D eigenvalue weighted by Crippen LogP contribution is 2.32. The summed E-state index contributed by atoms with van der Waals surface area (Å²) < 4.78 is 7.06. The van der Waals surface area contributed by atoms with E-state index in [1.54, 1.807) is 0 Å². The number of nitrogens with zero attached hydrogens (tertiary/aromatic N) is 4. The van der Waals surface area contributed by atoms with Crippen molar-refractivity contribution in [2.45, 2.75) is 31.1 Å². The van der Waals surface area contributed by atoms with Crippen molar-refractivity contribution in [2.75, 3.05) is 11.9 Å². The molecule has 3 aromatic rings. The summed E-state index contributed by atoms with van der Waals surface area (Å²) in [4.78, 5) is 12.8. The van der Waals surface area contributed by atoms with Gasteiger partial charge in [0.1, 0.15) is 24.6 Å². The molecule has 0 radical (unpaired) electrons. The van der Waals surface area contributed by atoms with E-state index in [0.29, 0.717) is 28.5 Å². The fourth-order valence-corrected chi connectivity index (χ4v) is 3.30. The topological polar surface area (TPSA) is 126 Å². The summed E-state index contributed by atoms with van der Waals surface area (Å²) in [7, 11) is 0. The average Bonchev–Trinajstić information content (AvgIpc) is 3.23. The zero-order valence-corrected chi connectivity index (χ0v) is 14.9. The summed E-state index contributed by atoms with van der Waals surface area (Å²) in [6.45, 7) is 0.0491. The Kier molecular flexibility index (Phi) is 4.94. The Bertz CT molecular complexity index is 952. The summed E-state index contributed by atoms with van der Waals surface area (Å²) in [6.07, 6.45) is -1.36. The van der Waals surface area contributed by atoms with Gasteiger partial charge in [-0.05, 0) is 11.6 Å². The second kappa shape index (κ2) is 7.37. The van der Waals surface area contributed by atoms with Crippen molar-refractivity contribution in [2.24, 2.45) is 0 Å². The second-order valence-electron chi connectivity index (χ2n) is 6.22. The van der Waals surface area contributed by atoms with Crippen LogP contribution in [0.4, 0.5) is 5.82 Å². The maximum Gasteiger partial charge on any atom is 0.167 e. The van der Waals surface area contributed by atoms with E-state index < -0.39 is 31.1 Å². The number of aliphatic hydroxyl groups is 3. The van der Waals surface area contributed by atoms with Crippen molar-refractivity contribution in [3.8, 4) is 0 Å². The molecule has 0 amide bonds. The predicted molar refractivity (Wildman–Crippen MR) is 97.1 cm³/mol. The Morgan fingerprint density at radius 3 is 2.70 bits per heavy atom. The zero-order valence-electron chi connectivity index (χ0n) is 14.1. The molecule has 4 atom stereocenters. The predicted octanol–water partition coefficient (Wildman–Crippen LogP) is 0.703. The minimum atomic E-state index is -1.21. The Labute approximate surface area is 159 Å². The smallest absolute Gasteiger partial charge is 0.167 e. The molecule has 0 unspecified atom stereocenters. The van der Waals surface area contributed by atoms with Crippen molar-refractivity contribution < 1.29 is 20.1 Å². The monoisotopic (exact) mass is 391 g/mol. The quantitative estimate of drug-likeness (QED) is 0.501. The minimum Gasteiger partial charge on any atom is -0.394 e. The lowest BCUT2D eigenvalue weighted by Crippen LogP contribution is -2.33. The number of nitrogens with one attached hydrogen (secondary N) is 1. The third-order valence-corrected chi connectivity index (χ3v) is 4.92. The zero-order chi connectivity index (χ0) is 19.0. The van der Waals surface area contributed by atoms with E-state index in [9.17, 15) is 15.3 Å². The number of anilines is 1. The molecular weight excluding hydrogens is 374 g/mol. The Hall–Kier alpha value is -2.30. The highest BCUT2D eigenvalue weighted by molar-refractivity contribution is 6.31. The van der Waals surface area contributed by atoms with Crippen LogP contribution in [0.25, 0.3) is 11.2 Å². The van der Waals surface area contributed by atoms with Crippen molar-refractivity contribution in [1.82, 2.24) is 19.5 Å². The molecule has 10 heteroatoms. The average molecular weight is 392 g/mol. The molecule has 4 N–H and O–H groups in total. The number of aliphatic hydroxyl groups excluding tert-OH is 3. The molecule has 1 aliphatic rings. The van der Waals surface area contributed by atoms with Crippen LogP contribution < -0.4 is 5.32 Å². The van der Waals surface area contributed by atoms with Crippen LogP contribution in [0.1, 0.15) is 11.8 Å². The van der Waals surface area contributed by atoms with Gasteiger partial charge in [0.05, 0.1) is 12.9 Å². The molecule has 0 spiro atoms. The number of hydrogen-bond acceptors (Lipinski definition) is 8. The normalized spacial score (nSPS) is 25.2. The second-order valence-corrected chi connectivity index (χ2v) is 6.63. The van der Waals surface area contributed by atoms with Gasteiger partial charge in [-0.1, -0.05) is 29.8 Å². The molecule has 142 valence electrons. The number of benzene rings is 1. The molecule has 0 aliphatic carbocycles. The number of halogens is 1. The van der Waals surface area contributed by atoms with Gasteiger partial charge in [-0.25, -0.2) is 15.0 Å². The van der Waals surface area contributed by atoms with Gasteiger partial charge in [0, 0.05) is 11.6 Å². The van der Waals surface area contributed by atoms with Crippen molar-refractivity contribution in [3.05, 3.63) is 47.5 Å². The molecule has 1 fully saturated rings. The maximum absolute atomic E-state index is 10.2. The summed E-state index contributed by atoms with van der Waals surface area (Å²) in [5.41, 5.74) is 1.83. The number of aromatic nitrogens is 4. The standard InChI is InChI=1S/C17H18ClN5O4/c18-10-4-2-1-3-9(10)5-19-15-12-16(21-7-20-15)23(8-22-12)17-14(26)13(25)11(6-24)27-17/h1-4,7-8,11,13-14,17,24-26H,5-6H2,(H,19,20,21)/t11-,13-,14+,17+/m1/s1. The highest BCUT2D eigenvalue weighted by Gasteiger charge is 2.44. The fourth-order valence-electron chi connectivity index (χ4n) is 3.10. The first-order valence-corrected chi connectivity index (χ1v) is 8.75. The minimum absolute atomic E-state index is 0.402. The van der Waals surface area contributed by atoms with Gasteiger partial charge in [-0.2, -0.15) is 0 Å². The van der Waals surface area contributed by atoms with Crippen LogP contribution in [-0.2, 0) is 11.3 Å². The van der Waals surface area contributed by atoms with Gasteiger partial charge < -0.3 is 25.4 Å². The van der Waals surface area contributed by atoms with Gasteiger partial charge >= 0.3 is 0 Å². The van der Waals surface area contributed by atoms with Gasteiger partial charge in [0.15, 0.2) is 23.2 Å². The van der Waals surface area contributed by atoms with Crippen molar-refractivity contribution >= 4 is 28.6 Å². The lowest BCUT2D eigenvalue weighted by atomic mass is 10.1. The third kappa shape index (κ3) is 3.24. The van der Waals surface area contributed by atoms with Crippen LogP contribution in [0.3, 0.4) is 0 Å². The Balaban J connectivity index is 1.61. The molecule has 1 aromatic carbocycles. The largest absolute Gasteiger partial charge is 0.394 e. The van der Waals surface area contributed by atoms with Gasteiger partial charge in [-0.3, -0.25) is 4.57 Å². The van der Waals surface area contributed by atoms with E-state index >= 15 is 0 Å². The molecular formula is C17H18ClN5O4. The molecule has 4 rings (SSSR count). The summed E-state index contributed by atoms with van der Waals surface area (Å²) in [5.74, 6) is 0.505. The van der Waals surface area contributed by atoms with E-state index in [-0.39, 0.29) is 0 Å². The van der Waals surface area contributed by atoms with Crippen LogP contribution >= 0.6 is 11.6 Å². The molecule has 2 aromatic heterocycles. The number of ether oxygens (including phenoxy) is 1.